The molecule has 198 valence electrons. The Morgan fingerprint density at radius 1 is 1.00 bits per heavy atom. The second-order valence-corrected chi connectivity index (χ2v) is 11.2. The van der Waals surface area contributed by atoms with Gasteiger partial charge in [0, 0.05) is 16.9 Å². The summed E-state index contributed by atoms with van der Waals surface area (Å²) in [5.41, 5.74) is 0.945. The number of carbonyl (C=O) groups is 1. The van der Waals surface area contributed by atoms with Gasteiger partial charge in [0.25, 0.3) is 10.0 Å². The highest BCUT2D eigenvalue weighted by atomic mass is 79.9. The van der Waals surface area contributed by atoms with Gasteiger partial charge < -0.3 is 9.47 Å². The molecular weight excluding hydrogens is 594 g/mol. The van der Waals surface area contributed by atoms with Crippen LogP contribution in [0.5, 0.6) is 17.2 Å². The number of pyridine rings is 1. The summed E-state index contributed by atoms with van der Waals surface area (Å²) < 4.78 is 68.6. The monoisotopic (exact) mass is 612 g/mol. The van der Waals surface area contributed by atoms with Crippen LogP contribution in [0.2, 0.25) is 0 Å². The lowest BCUT2D eigenvalue weighted by Gasteiger charge is -2.12. The molecule has 0 saturated carbocycles. The lowest BCUT2D eigenvalue weighted by atomic mass is 10.1. The number of nitrogens with zero attached hydrogens (tertiary/aromatic N) is 2. The lowest BCUT2D eigenvalue weighted by molar-refractivity contribution is -0.133. The van der Waals surface area contributed by atoms with Gasteiger partial charge in [-0.2, -0.15) is 0 Å². The van der Waals surface area contributed by atoms with Crippen LogP contribution in [0.4, 0.5) is 8.78 Å². The van der Waals surface area contributed by atoms with Crippen LogP contribution in [0.3, 0.4) is 0 Å². The van der Waals surface area contributed by atoms with Crippen LogP contribution >= 0.6 is 15.9 Å². The predicted octanol–water partition coefficient (Wildman–Crippen LogP) is 6.56. The van der Waals surface area contributed by atoms with Gasteiger partial charge in [-0.05, 0) is 70.9 Å². The highest BCUT2D eigenvalue weighted by Crippen LogP contribution is 2.38. The third-order valence-electron chi connectivity index (χ3n) is 5.74. The number of fused-ring (bicyclic) bond motifs is 1. The maximum atomic E-state index is 15.0. The van der Waals surface area contributed by atoms with E-state index >= 15 is 0 Å². The summed E-state index contributed by atoms with van der Waals surface area (Å²) in [6.45, 7) is 1.84. The van der Waals surface area contributed by atoms with Crippen LogP contribution in [0.25, 0.3) is 11.0 Å². The van der Waals surface area contributed by atoms with Crippen molar-refractivity contribution in [2.45, 2.75) is 18.2 Å². The average Bonchev–Trinajstić information content (AvgIpc) is 3.25. The summed E-state index contributed by atoms with van der Waals surface area (Å²) in [6, 6.07) is 17.9. The summed E-state index contributed by atoms with van der Waals surface area (Å²) in [5, 5.41) is 0.197. The Labute approximate surface area is 230 Å². The number of ether oxygens (including phenoxy) is 2. The Balaban J connectivity index is 1.44. The highest BCUT2D eigenvalue weighted by Gasteiger charge is 2.25. The zero-order chi connectivity index (χ0) is 27.7. The van der Waals surface area contributed by atoms with Crippen molar-refractivity contribution in [1.29, 1.82) is 0 Å². The van der Waals surface area contributed by atoms with E-state index in [1.165, 1.54) is 30.6 Å². The van der Waals surface area contributed by atoms with E-state index in [-0.39, 0.29) is 38.1 Å². The molecule has 39 heavy (non-hydrogen) atoms. The molecule has 0 spiro atoms. The van der Waals surface area contributed by atoms with Gasteiger partial charge in [0.2, 0.25) is 0 Å². The summed E-state index contributed by atoms with van der Waals surface area (Å²) in [7, 11) is -4.03. The molecule has 11 heteroatoms. The maximum Gasteiger partial charge on any atom is 0.315 e. The van der Waals surface area contributed by atoms with Crippen LogP contribution in [0, 0.1) is 18.6 Å². The minimum Gasteiger partial charge on any atom is -0.450 e. The Hall–Kier alpha value is -4.09. The van der Waals surface area contributed by atoms with Crippen molar-refractivity contribution in [1.82, 2.24) is 8.96 Å². The largest absolute Gasteiger partial charge is 0.450 e. The molecule has 2 aromatic heterocycles. The van der Waals surface area contributed by atoms with E-state index in [2.05, 4.69) is 20.9 Å². The number of esters is 1. The normalized spacial score (nSPS) is 11.5. The van der Waals surface area contributed by atoms with E-state index < -0.39 is 33.4 Å². The number of carbonyl (C=O) groups excluding carboxylic acids is 1. The fourth-order valence-electron chi connectivity index (χ4n) is 3.89. The molecule has 0 fully saturated rings. The molecule has 3 aromatic carbocycles. The molecule has 5 aromatic rings. The number of halogens is 3. The van der Waals surface area contributed by atoms with Crippen molar-refractivity contribution in [3.63, 3.8) is 0 Å². The van der Waals surface area contributed by atoms with Gasteiger partial charge >= 0.3 is 5.97 Å². The van der Waals surface area contributed by atoms with Gasteiger partial charge in [-0.1, -0.05) is 35.9 Å². The topological polar surface area (TPSA) is 87.5 Å². The molecule has 0 aliphatic carbocycles. The van der Waals surface area contributed by atoms with E-state index in [1.807, 2.05) is 6.92 Å². The average molecular weight is 613 g/mol. The van der Waals surface area contributed by atoms with E-state index in [1.54, 1.807) is 42.5 Å². The molecule has 2 heterocycles. The number of hydrogen-bond acceptors (Lipinski definition) is 6. The quantitative estimate of drug-likeness (QED) is 0.153. The molecule has 0 amide bonds. The molecular formula is C28H19BrF2N2O5S. The fraction of sp³-hybridized carbons (Fsp3) is 0.0714. The van der Waals surface area contributed by atoms with Crippen LogP contribution in [-0.2, 0) is 21.2 Å². The van der Waals surface area contributed by atoms with E-state index in [9.17, 15) is 22.0 Å². The Bertz CT molecular complexity index is 1780. The third kappa shape index (κ3) is 5.41. The van der Waals surface area contributed by atoms with Crippen LogP contribution in [0.1, 0.15) is 11.1 Å². The van der Waals surface area contributed by atoms with Gasteiger partial charge in [-0.3, -0.25) is 4.79 Å². The zero-order valence-electron chi connectivity index (χ0n) is 20.3. The van der Waals surface area contributed by atoms with Crippen molar-refractivity contribution >= 4 is 43.0 Å². The van der Waals surface area contributed by atoms with Crippen molar-refractivity contribution in [2.24, 2.45) is 0 Å². The van der Waals surface area contributed by atoms with Gasteiger partial charge in [0.1, 0.15) is 11.5 Å². The first-order valence-electron chi connectivity index (χ1n) is 11.5. The molecule has 5 rings (SSSR count). The Morgan fingerprint density at radius 3 is 2.33 bits per heavy atom. The van der Waals surface area contributed by atoms with Crippen LogP contribution in [-0.4, -0.2) is 23.3 Å². The highest BCUT2D eigenvalue weighted by molar-refractivity contribution is 9.10. The first kappa shape index (κ1) is 26.5. The lowest BCUT2D eigenvalue weighted by Crippen LogP contribution is -2.12. The van der Waals surface area contributed by atoms with E-state index in [0.717, 1.165) is 21.7 Å². The standard InChI is InChI=1S/C28H19BrF2N2O5S/c1-17-7-9-20(10-8-17)39(35,36)33-16-21(29)26-24(11-12-32-28(26)33)38-27-22(30)13-18(14-23(27)31)15-25(34)37-19-5-3-2-4-6-19/h2-14,16H,15H2,1H3. The number of hydrogen-bond donors (Lipinski definition) is 0. The minimum atomic E-state index is -4.03. The molecule has 0 atom stereocenters. The number of para-hydroxylation sites is 1. The van der Waals surface area contributed by atoms with Gasteiger partial charge in [-0.25, -0.2) is 26.2 Å². The third-order valence-corrected chi connectivity index (χ3v) is 8.01. The smallest absolute Gasteiger partial charge is 0.315 e. The second-order valence-electron chi connectivity index (χ2n) is 8.55. The summed E-state index contributed by atoms with van der Waals surface area (Å²) in [5.74, 6) is -3.23. The van der Waals surface area contributed by atoms with Crippen molar-refractivity contribution < 1.29 is 31.5 Å². The Morgan fingerprint density at radius 2 is 1.67 bits per heavy atom. The summed E-state index contributed by atoms with van der Waals surface area (Å²) in [6.07, 6.45) is 2.21. The maximum absolute atomic E-state index is 15.0. The molecule has 0 N–H and O–H groups in total. The van der Waals surface area contributed by atoms with Crippen LogP contribution in [0.15, 0.2) is 94.6 Å². The molecule has 0 bridgehead atoms. The zero-order valence-corrected chi connectivity index (χ0v) is 22.7. The second kappa shape index (κ2) is 10.6. The Kier molecular flexibility index (Phi) is 7.19. The van der Waals surface area contributed by atoms with Crippen LogP contribution < -0.4 is 9.47 Å². The molecule has 0 radical (unpaired) electrons. The van der Waals surface area contributed by atoms with Gasteiger partial charge in [-0.15, -0.1) is 0 Å². The summed E-state index contributed by atoms with van der Waals surface area (Å²) in [4.78, 5) is 16.4. The molecule has 0 aliphatic heterocycles. The summed E-state index contributed by atoms with van der Waals surface area (Å²) >= 11 is 3.32. The fourth-order valence-corrected chi connectivity index (χ4v) is 5.92. The minimum absolute atomic E-state index is 0.000967. The number of benzene rings is 3. The first-order chi connectivity index (χ1) is 18.6. The number of aromatic nitrogens is 2. The molecule has 7 nitrogen and oxygen atoms in total. The SMILES string of the molecule is Cc1ccc(S(=O)(=O)n2cc(Br)c3c(Oc4c(F)cc(CC(=O)Oc5ccccc5)cc4F)ccnc32)cc1. The predicted molar refractivity (Wildman–Crippen MR) is 143 cm³/mol. The van der Waals surface area contributed by atoms with Crippen molar-refractivity contribution in [3.05, 3.63) is 112 Å². The van der Waals surface area contributed by atoms with E-state index in [0.29, 0.717) is 5.75 Å². The number of aryl methyl sites for hydroxylation is 1. The van der Waals surface area contributed by atoms with Gasteiger partial charge in [0.15, 0.2) is 23.0 Å². The molecule has 0 unspecified atom stereocenters. The molecule has 0 aliphatic rings. The van der Waals surface area contributed by atoms with E-state index in [4.69, 9.17) is 9.47 Å². The molecule has 0 saturated heterocycles. The van der Waals surface area contributed by atoms with Gasteiger partial charge in [0.05, 0.1) is 16.7 Å². The van der Waals surface area contributed by atoms with Crippen molar-refractivity contribution in [2.75, 3.05) is 0 Å². The first-order valence-corrected chi connectivity index (χ1v) is 13.8. The van der Waals surface area contributed by atoms with Crippen molar-refractivity contribution in [3.8, 4) is 17.2 Å². The number of rotatable bonds is 7.